The lowest BCUT2D eigenvalue weighted by atomic mass is 9.58. The molecule has 1 heterocycles. The van der Waals surface area contributed by atoms with Crippen molar-refractivity contribution in [2.75, 3.05) is 19.6 Å². The minimum atomic E-state index is -1.78. The molecule has 0 saturated heterocycles. The van der Waals surface area contributed by atoms with Gasteiger partial charge in [-0.05, 0) is 24.1 Å². The zero-order valence-electron chi connectivity index (χ0n) is 16.0. The molecule has 0 amide bonds. The minimum Gasteiger partial charge on any atom is -0.399 e. The van der Waals surface area contributed by atoms with Gasteiger partial charge in [-0.1, -0.05) is 25.1 Å². The minimum absolute atomic E-state index is 0.0760. The third-order valence-corrected chi connectivity index (χ3v) is 5.72. The fourth-order valence-corrected chi connectivity index (χ4v) is 4.45. The second-order valence-corrected chi connectivity index (χ2v) is 7.29. The smallest absolute Gasteiger partial charge is 0.269 e. The number of hydrogen-bond donors (Lipinski definition) is 1. The van der Waals surface area contributed by atoms with Crippen molar-refractivity contribution in [3.05, 3.63) is 62.9 Å². The van der Waals surface area contributed by atoms with Crippen molar-refractivity contribution in [3.8, 4) is 18.2 Å². The lowest BCUT2D eigenvalue weighted by Gasteiger charge is -2.45. The van der Waals surface area contributed by atoms with E-state index in [2.05, 4.69) is 17.9 Å². The molecule has 0 radical (unpaired) electrons. The molecule has 8 heteroatoms. The van der Waals surface area contributed by atoms with Crippen LogP contribution >= 0.6 is 0 Å². The number of nitrogens with zero attached hydrogens (tertiary/aromatic N) is 5. The van der Waals surface area contributed by atoms with E-state index >= 15 is 0 Å². The van der Waals surface area contributed by atoms with Crippen molar-refractivity contribution in [1.82, 2.24) is 4.90 Å². The number of benzene rings is 1. The monoisotopic (exact) mass is 388 g/mol. The van der Waals surface area contributed by atoms with E-state index in [9.17, 15) is 25.9 Å². The van der Waals surface area contributed by atoms with Gasteiger partial charge in [0.15, 0.2) is 5.41 Å². The van der Waals surface area contributed by atoms with Crippen LogP contribution in [0.25, 0.3) is 0 Å². The highest BCUT2D eigenvalue weighted by molar-refractivity contribution is 5.60. The van der Waals surface area contributed by atoms with Gasteiger partial charge >= 0.3 is 0 Å². The van der Waals surface area contributed by atoms with Crippen molar-refractivity contribution in [2.45, 2.75) is 19.3 Å². The van der Waals surface area contributed by atoms with Gasteiger partial charge in [-0.2, -0.15) is 15.8 Å². The summed E-state index contributed by atoms with van der Waals surface area (Å²) < 4.78 is 0. The van der Waals surface area contributed by atoms with Crippen LogP contribution in [-0.2, 0) is 0 Å². The van der Waals surface area contributed by atoms with Crippen molar-refractivity contribution in [2.24, 2.45) is 17.1 Å². The van der Waals surface area contributed by atoms with Gasteiger partial charge < -0.3 is 5.73 Å². The number of fused-ring (bicyclic) bond motifs is 1. The number of nitro groups is 1. The summed E-state index contributed by atoms with van der Waals surface area (Å²) in [5, 5.41) is 41.1. The summed E-state index contributed by atoms with van der Waals surface area (Å²) in [5.41, 5.74) is 5.66. The van der Waals surface area contributed by atoms with Crippen LogP contribution in [-0.4, -0.2) is 29.5 Å². The first-order valence-electron chi connectivity index (χ1n) is 9.33. The SMILES string of the molecule is CCCN1CC=C2C(C#N)=C(N)C(C#N)(C#N)[C@H](c3cccc([N+](=O)[O-])c3)[C@H]2C1. The Morgan fingerprint density at radius 1 is 1.34 bits per heavy atom. The summed E-state index contributed by atoms with van der Waals surface area (Å²) in [7, 11) is 0. The molecule has 0 unspecified atom stereocenters. The molecule has 0 saturated carbocycles. The lowest BCUT2D eigenvalue weighted by Crippen LogP contribution is -2.48. The van der Waals surface area contributed by atoms with E-state index in [0.29, 0.717) is 18.7 Å². The molecular formula is C21H20N6O2. The highest BCUT2D eigenvalue weighted by atomic mass is 16.6. The topological polar surface area (TPSA) is 144 Å². The maximum atomic E-state index is 11.3. The predicted molar refractivity (Wildman–Crippen MR) is 105 cm³/mol. The number of rotatable bonds is 4. The van der Waals surface area contributed by atoms with Crippen LogP contribution in [0.1, 0.15) is 24.8 Å². The summed E-state index contributed by atoms with van der Waals surface area (Å²) >= 11 is 0. The second-order valence-electron chi connectivity index (χ2n) is 7.29. The van der Waals surface area contributed by atoms with Crippen LogP contribution in [0.3, 0.4) is 0 Å². The fourth-order valence-electron chi connectivity index (χ4n) is 4.45. The molecule has 0 fully saturated rings. The number of hydrogen-bond acceptors (Lipinski definition) is 7. The molecule has 0 aromatic heterocycles. The normalized spacial score (nSPS) is 23.2. The van der Waals surface area contributed by atoms with E-state index in [0.717, 1.165) is 18.5 Å². The third kappa shape index (κ3) is 3.12. The number of nitro benzene ring substituents is 1. The maximum absolute atomic E-state index is 11.3. The standard InChI is InChI=1S/C21H20N6O2/c1-2-7-26-8-6-16-17(10-22)20(25)21(12-23,13-24)19(18(16)11-26)14-4-3-5-15(9-14)27(28)29/h3-6,9,18-19H,2,7-8,11,25H2,1H3/t18-,19+/m0/s1. The van der Waals surface area contributed by atoms with E-state index in [1.54, 1.807) is 12.1 Å². The highest BCUT2D eigenvalue weighted by Gasteiger charge is 2.54. The van der Waals surface area contributed by atoms with Gasteiger partial charge in [0.05, 0.1) is 28.3 Å². The van der Waals surface area contributed by atoms with Crippen molar-refractivity contribution in [3.63, 3.8) is 0 Å². The van der Waals surface area contributed by atoms with Gasteiger partial charge in [0.2, 0.25) is 0 Å². The molecule has 1 aromatic carbocycles. The first-order chi connectivity index (χ1) is 13.9. The average molecular weight is 388 g/mol. The van der Waals surface area contributed by atoms with E-state index in [4.69, 9.17) is 5.73 Å². The van der Waals surface area contributed by atoms with E-state index in [1.165, 1.54) is 12.1 Å². The second kappa shape index (κ2) is 7.75. The van der Waals surface area contributed by atoms with Crippen LogP contribution in [0.15, 0.2) is 47.2 Å². The van der Waals surface area contributed by atoms with E-state index in [-0.39, 0.29) is 22.9 Å². The van der Waals surface area contributed by atoms with Crippen molar-refractivity contribution in [1.29, 1.82) is 15.8 Å². The van der Waals surface area contributed by atoms with Gasteiger partial charge in [0.1, 0.15) is 6.07 Å². The summed E-state index contributed by atoms with van der Waals surface area (Å²) in [6, 6.07) is 12.2. The van der Waals surface area contributed by atoms with Gasteiger partial charge in [-0.25, -0.2) is 0 Å². The van der Waals surface area contributed by atoms with Gasteiger partial charge in [-0.3, -0.25) is 15.0 Å². The van der Waals surface area contributed by atoms with Crippen LogP contribution in [0.2, 0.25) is 0 Å². The molecule has 3 rings (SSSR count). The molecule has 1 aliphatic carbocycles. The van der Waals surface area contributed by atoms with E-state index < -0.39 is 16.3 Å². The Morgan fingerprint density at radius 2 is 2.07 bits per heavy atom. The molecule has 2 atom stereocenters. The average Bonchev–Trinajstić information content (AvgIpc) is 2.73. The molecule has 2 N–H and O–H groups in total. The van der Waals surface area contributed by atoms with Crippen LogP contribution in [0.5, 0.6) is 0 Å². The molecule has 8 nitrogen and oxygen atoms in total. The van der Waals surface area contributed by atoms with Crippen LogP contribution in [0, 0.1) is 55.4 Å². The number of nitriles is 3. The molecule has 1 aliphatic heterocycles. The number of nitrogens with two attached hydrogens (primary N) is 1. The molecular weight excluding hydrogens is 368 g/mol. The number of non-ortho nitro benzene ring substituents is 1. The molecule has 1 aromatic rings. The largest absolute Gasteiger partial charge is 0.399 e. The van der Waals surface area contributed by atoms with Gasteiger partial charge in [0.25, 0.3) is 5.69 Å². The van der Waals surface area contributed by atoms with Gasteiger partial charge in [0, 0.05) is 37.1 Å². The van der Waals surface area contributed by atoms with Crippen LogP contribution in [0.4, 0.5) is 5.69 Å². The van der Waals surface area contributed by atoms with Crippen LogP contribution < -0.4 is 5.73 Å². The molecule has 0 spiro atoms. The third-order valence-electron chi connectivity index (χ3n) is 5.72. The Hall–Kier alpha value is -3.67. The first-order valence-corrected chi connectivity index (χ1v) is 9.33. The molecule has 2 aliphatic rings. The molecule has 0 bridgehead atoms. The fraction of sp³-hybridized carbons (Fsp3) is 0.381. The first kappa shape index (κ1) is 20.1. The summed E-state index contributed by atoms with van der Waals surface area (Å²) in [6.07, 6.45) is 2.86. The summed E-state index contributed by atoms with van der Waals surface area (Å²) in [6.45, 7) is 4.07. The Kier molecular flexibility index (Phi) is 5.37. The van der Waals surface area contributed by atoms with Gasteiger partial charge in [-0.15, -0.1) is 0 Å². The van der Waals surface area contributed by atoms with E-state index in [1.807, 2.05) is 18.2 Å². The molecule has 146 valence electrons. The Labute approximate surface area is 168 Å². The predicted octanol–water partition coefficient (Wildman–Crippen LogP) is 2.73. The summed E-state index contributed by atoms with van der Waals surface area (Å²) in [4.78, 5) is 13.0. The zero-order valence-corrected chi connectivity index (χ0v) is 16.0. The Bertz CT molecular complexity index is 1020. The maximum Gasteiger partial charge on any atom is 0.269 e. The van der Waals surface area contributed by atoms with Crippen molar-refractivity contribution >= 4 is 5.69 Å². The Balaban J connectivity index is 2.28. The quantitative estimate of drug-likeness (QED) is 0.616. The van der Waals surface area contributed by atoms with Crippen molar-refractivity contribution < 1.29 is 4.92 Å². The Morgan fingerprint density at radius 3 is 2.66 bits per heavy atom. The highest BCUT2D eigenvalue weighted by Crippen LogP contribution is 2.54. The zero-order chi connectivity index (χ0) is 21.2. The number of allylic oxidation sites excluding steroid dienone is 2. The lowest BCUT2D eigenvalue weighted by molar-refractivity contribution is -0.384. The molecule has 29 heavy (non-hydrogen) atoms. The summed E-state index contributed by atoms with van der Waals surface area (Å²) in [5.74, 6) is -1.07.